The Morgan fingerprint density at radius 2 is 1.90 bits per heavy atom. The summed E-state index contributed by atoms with van der Waals surface area (Å²) in [4.78, 5) is 26.0. The predicted molar refractivity (Wildman–Crippen MR) is 114 cm³/mol. The molecule has 1 N–H and O–H groups in total. The second kappa shape index (κ2) is 10.1. The summed E-state index contributed by atoms with van der Waals surface area (Å²) in [6.45, 7) is 4.68. The van der Waals surface area contributed by atoms with Crippen LogP contribution in [-0.4, -0.2) is 44.8 Å². The standard InChI is InChI=1S/C22H23ClN2O4/c1-16-2-3-17(14-20(16)23)4-9-22(27)29-15-21(26)24-18-5-7-19(8-6-18)25-10-12-28-13-11-25/h2-9,14H,10-13,15H2,1H3,(H,24,26)/b9-4+. The van der Waals surface area contributed by atoms with Crippen LogP contribution in [0.2, 0.25) is 5.02 Å². The van der Waals surface area contributed by atoms with Gasteiger partial charge in [0.1, 0.15) is 0 Å². The summed E-state index contributed by atoms with van der Waals surface area (Å²) < 4.78 is 10.3. The Kier molecular flexibility index (Phi) is 7.27. The molecular formula is C22H23ClN2O4. The Hall–Kier alpha value is -2.83. The van der Waals surface area contributed by atoms with Crippen molar-refractivity contribution in [3.05, 3.63) is 64.7 Å². The molecule has 1 saturated heterocycles. The third-order valence-electron chi connectivity index (χ3n) is 4.48. The fourth-order valence-electron chi connectivity index (χ4n) is 2.84. The number of carbonyl (C=O) groups is 2. The Morgan fingerprint density at radius 3 is 2.59 bits per heavy atom. The average molecular weight is 415 g/mol. The second-order valence-corrected chi connectivity index (χ2v) is 7.05. The number of benzene rings is 2. The van der Waals surface area contributed by atoms with Crippen LogP contribution in [0.5, 0.6) is 0 Å². The van der Waals surface area contributed by atoms with E-state index in [0.717, 1.165) is 43.1 Å². The van der Waals surface area contributed by atoms with Crippen LogP contribution in [0.25, 0.3) is 6.08 Å². The van der Waals surface area contributed by atoms with Gasteiger partial charge in [0.15, 0.2) is 6.61 Å². The summed E-state index contributed by atoms with van der Waals surface area (Å²) in [5.74, 6) is -0.997. The minimum absolute atomic E-state index is 0.358. The van der Waals surface area contributed by atoms with Crippen LogP contribution in [0.15, 0.2) is 48.5 Å². The highest BCUT2D eigenvalue weighted by Crippen LogP contribution is 2.19. The number of esters is 1. The van der Waals surface area contributed by atoms with Crippen LogP contribution in [0, 0.1) is 6.92 Å². The molecule has 6 nitrogen and oxygen atoms in total. The zero-order valence-corrected chi connectivity index (χ0v) is 16.9. The molecule has 29 heavy (non-hydrogen) atoms. The molecule has 0 aliphatic carbocycles. The summed E-state index contributed by atoms with van der Waals surface area (Å²) in [6.07, 6.45) is 2.86. The van der Waals surface area contributed by atoms with E-state index in [1.165, 1.54) is 6.08 Å². The van der Waals surface area contributed by atoms with Crippen molar-refractivity contribution >= 4 is 40.9 Å². The molecule has 1 heterocycles. The lowest BCUT2D eigenvalue weighted by Crippen LogP contribution is -2.36. The van der Waals surface area contributed by atoms with Gasteiger partial charge < -0.3 is 19.7 Å². The molecular weight excluding hydrogens is 392 g/mol. The molecule has 2 aromatic carbocycles. The maximum absolute atomic E-state index is 12.0. The largest absolute Gasteiger partial charge is 0.452 e. The molecule has 1 amide bonds. The van der Waals surface area contributed by atoms with Crippen molar-refractivity contribution < 1.29 is 19.1 Å². The lowest BCUT2D eigenvalue weighted by molar-refractivity contribution is -0.142. The van der Waals surface area contributed by atoms with Gasteiger partial charge in [-0.2, -0.15) is 0 Å². The number of aryl methyl sites for hydroxylation is 1. The minimum atomic E-state index is -0.598. The van der Waals surface area contributed by atoms with Crippen LogP contribution in [0.4, 0.5) is 11.4 Å². The number of anilines is 2. The summed E-state index contributed by atoms with van der Waals surface area (Å²) in [7, 11) is 0. The van der Waals surface area contributed by atoms with E-state index in [2.05, 4.69) is 10.2 Å². The summed E-state index contributed by atoms with van der Waals surface area (Å²) in [6, 6.07) is 13.0. The quantitative estimate of drug-likeness (QED) is 0.577. The zero-order chi connectivity index (χ0) is 20.6. The van der Waals surface area contributed by atoms with E-state index in [1.807, 2.05) is 43.3 Å². The molecule has 3 rings (SSSR count). The number of nitrogens with one attached hydrogen (secondary N) is 1. The Labute approximate surface area is 175 Å². The summed E-state index contributed by atoms with van der Waals surface area (Å²) in [5.41, 5.74) is 3.47. The number of morpholine rings is 1. The van der Waals surface area contributed by atoms with Gasteiger partial charge in [0.2, 0.25) is 0 Å². The Morgan fingerprint density at radius 1 is 1.17 bits per heavy atom. The number of rotatable bonds is 6. The lowest BCUT2D eigenvalue weighted by atomic mass is 10.1. The van der Waals surface area contributed by atoms with Crippen molar-refractivity contribution in [2.75, 3.05) is 43.1 Å². The minimum Gasteiger partial charge on any atom is -0.452 e. The van der Waals surface area contributed by atoms with Crippen molar-refractivity contribution in [3.8, 4) is 0 Å². The maximum Gasteiger partial charge on any atom is 0.331 e. The molecule has 0 spiro atoms. The van der Waals surface area contributed by atoms with E-state index in [9.17, 15) is 9.59 Å². The molecule has 1 fully saturated rings. The molecule has 0 radical (unpaired) electrons. The SMILES string of the molecule is Cc1ccc(/C=C/C(=O)OCC(=O)Nc2ccc(N3CCOCC3)cc2)cc1Cl. The smallest absolute Gasteiger partial charge is 0.331 e. The van der Waals surface area contributed by atoms with Gasteiger partial charge in [-0.15, -0.1) is 0 Å². The summed E-state index contributed by atoms with van der Waals surface area (Å²) in [5, 5.41) is 3.34. The fraction of sp³-hybridized carbons (Fsp3) is 0.273. The van der Waals surface area contributed by atoms with Gasteiger partial charge in [-0.1, -0.05) is 23.7 Å². The van der Waals surface area contributed by atoms with E-state index in [4.69, 9.17) is 21.1 Å². The monoisotopic (exact) mass is 414 g/mol. The molecule has 152 valence electrons. The summed E-state index contributed by atoms with van der Waals surface area (Å²) >= 11 is 6.05. The lowest BCUT2D eigenvalue weighted by Gasteiger charge is -2.28. The maximum atomic E-state index is 12.0. The molecule has 1 aliphatic heterocycles. The molecule has 0 atom stereocenters. The predicted octanol–water partition coefficient (Wildman–Crippen LogP) is 3.68. The van der Waals surface area contributed by atoms with Gasteiger partial charge in [0, 0.05) is 35.6 Å². The van der Waals surface area contributed by atoms with Gasteiger partial charge in [0.05, 0.1) is 13.2 Å². The van der Waals surface area contributed by atoms with E-state index in [-0.39, 0.29) is 6.61 Å². The van der Waals surface area contributed by atoms with E-state index in [0.29, 0.717) is 10.7 Å². The number of nitrogens with zero attached hydrogens (tertiary/aromatic N) is 1. The van der Waals surface area contributed by atoms with Gasteiger partial charge in [0.25, 0.3) is 5.91 Å². The number of ether oxygens (including phenoxy) is 2. The molecule has 0 aromatic heterocycles. The number of hydrogen-bond donors (Lipinski definition) is 1. The van der Waals surface area contributed by atoms with Gasteiger partial charge in [-0.25, -0.2) is 4.79 Å². The first kappa shape index (κ1) is 20.9. The number of carbonyl (C=O) groups excluding carboxylic acids is 2. The molecule has 0 unspecified atom stereocenters. The molecule has 1 aliphatic rings. The van der Waals surface area contributed by atoms with Gasteiger partial charge in [-0.05, 0) is 54.5 Å². The number of hydrogen-bond acceptors (Lipinski definition) is 5. The highest BCUT2D eigenvalue weighted by atomic mass is 35.5. The van der Waals surface area contributed by atoms with Gasteiger partial charge in [-0.3, -0.25) is 4.79 Å². The molecule has 7 heteroatoms. The van der Waals surface area contributed by atoms with Crippen molar-refractivity contribution in [1.82, 2.24) is 0 Å². The van der Waals surface area contributed by atoms with E-state index >= 15 is 0 Å². The third-order valence-corrected chi connectivity index (χ3v) is 4.89. The first-order valence-electron chi connectivity index (χ1n) is 9.35. The topological polar surface area (TPSA) is 67.9 Å². The molecule has 0 bridgehead atoms. The van der Waals surface area contributed by atoms with Gasteiger partial charge >= 0.3 is 5.97 Å². The Balaban J connectivity index is 1.44. The average Bonchev–Trinajstić information content (AvgIpc) is 2.74. The van der Waals surface area contributed by atoms with E-state index in [1.54, 1.807) is 12.1 Å². The Bertz CT molecular complexity index is 890. The normalized spacial score (nSPS) is 14.1. The fourth-order valence-corrected chi connectivity index (χ4v) is 3.03. The van der Waals surface area contributed by atoms with Crippen LogP contribution in [0.1, 0.15) is 11.1 Å². The van der Waals surface area contributed by atoms with Crippen molar-refractivity contribution in [1.29, 1.82) is 0 Å². The highest BCUT2D eigenvalue weighted by Gasteiger charge is 2.11. The first-order chi connectivity index (χ1) is 14.0. The highest BCUT2D eigenvalue weighted by molar-refractivity contribution is 6.31. The van der Waals surface area contributed by atoms with Crippen LogP contribution in [0.3, 0.4) is 0 Å². The van der Waals surface area contributed by atoms with Crippen LogP contribution < -0.4 is 10.2 Å². The molecule has 2 aromatic rings. The molecule has 0 saturated carbocycles. The number of amides is 1. The van der Waals surface area contributed by atoms with Crippen molar-refractivity contribution in [2.45, 2.75) is 6.92 Å². The van der Waals surface area contributed by atoms with Crippen LogP contribution in [-0.2, 0) is 19.1 Å². The first-order valence-corrected chi connectivity index (χ1v) is 9.73. The van der Waals surface area contributed by atoms with Crippen LogP contribution >= 0.6 is 11.6 Å². The third kappa shape index (κ3) is 6.34. The number of halogens is 1. The van der Waals surface area contributed by atoms with E-state index < -0.39 is 11.9 Å². The van der Waals surface area contributed by atoms with Crippen molar-refractivity contribution in [2.24, 2.45) is 0 Å². The second-order valence-electron chi connectivity index (χ2n) is 6.64. The van der Waals surface area contributed by atoms with Crippen molar-refractivity contribution in [3.63, 3.8) is 0 Å². The zero-order valence-electron chi connectivity index (χ0n) is 16.2.